The van der Waals surface area contributed by atoms with Crippen LogP contribution in [0.15, 0.2) is 66.0 Å². The van der Waals surface area contributed by atoms with E-state index in [0.717, 1.165) is 10.4 Å². The van der Waals surface area contributed by atoms with E-state index < -0.39 is 6.03 Å². The van der Waals surface area contributed by atoms with Gasteiger partial charge in [-0.1, -0.05) is 31.2 Å². The van der Waals surface area contributed by atoms with Gasteiger partial charge in [-0.3, -0.25) is 4.79 Å². The number of carbonyl (C=O) groups excluding carboxylic acids is 2. The Morgan fingerprint density at radius 3 is 2.53 bits per heavy atom. The quantitative estimate of drug-likeness (QED) is 0.434. The summed E-state index contributed by atoms with van der Waals surface area (Å²) >= 11 is 1.55. The lowest BCUT2D eigenvalue weighted by Crippen LogP contribution is -2.47. The predicted octanol–water partition coefficient (Wildman–Crippen LogP) is 5.62. The Morgan fingerprint density at radius 2 is 1.88 bits per heavy atom. The van der Waals surface area contributed by atoms with Gasteiger partial charge in [-0.15, -0.1) is 11.3 Å². The average molecular weight is 479 g/mol. The minimum Gasteiger partial charge on any atom is -0.332 e. The van der Waals surface area contributed by atoms with Crippen molar-refractivity contribution in [3.05, 3.63) is 87.9 Å². The van der Waals surface area contributed by atoms with E-state index in [-0.39, 0.29) is 24.3 Å². The molecule has 6 nitrogen and oxygen atoms in total. The number of urea groups is 1. The van der Waals surface area contributed by atoms with Crippen molar-refractivity contribution < 1.29 is 14.0 Å². The molecule has 2 aromatic carbocycles. The molecular formula is C26H27FN4O2S. The fourth-order valence-corrected chi connectivity index (χ4v) is 4.11. The molecule has 0 aliphatic heterocycles. The van der Waals surface area contributed by atoms with E-state index in [4.69, 9.17) is 5.26 Å². The van der Waals surface area contributed by atoms with Crippen molar-refractivity contribution in [2.24, 2.45) is 0 Å². The number of rotatable bonds is 9. The van der Waals surface area contributed by atoms with Gasteiger partial charge in [0.2, 0.25) is 5.91 Å². The van der Waals surface area contributed by atoms with E-state index in [1.54, 1.807) is 52.6 Å². The lowest BCUT2D eigenvalue weighted by molar-refractivity contribution is -0.133. The monoisotopic (exact) mass is 478 g/mol. The van der Waals surface area contributed by atoms with Crippen LogP contribution in [0.4, 0.5) is 14.9 Å². The molecule has 34 heavy (non-hydrogen) atoms. The van der Waals surface area contributed by atoms with Crippen LogP contribution in [-0.2, 0) is 17.9 Å². The molecule has 3 amide bonds. The smallest absolute Gasteiger partial charge is 0.322 e. The van der Waals surface area contributed by atoms with Gasteiger partial charge < -0.3 is 15.1 Å². The summed E-state index contributed by atoms with van der Waals surface area (Å²) in [5, 5.41) is 13.9. The Morgan fingerprint density at radius 1 is 1.12 bits per heavy atom. The topological polar surface area (TPSA) is 76.4 Å². The zero-order valence-electron chi connectivity index (χ0n) is 19.2. The molecule has 0 aliphatic rings. The maximum Gasteiger partial charge on any atom is 0.322 e. The van der Waals surface area contributed by atoms with Gasteiger partial charge in [-0.25, -0.2) is 9.18 Å². The van der Waals surface area contributed by atoms with E-state index in [1.807, 2.05) is 31.4 Å². The lowest BCUT2D eigenvalue weighted by atomic mass is 10.2. The van der Waals surface area contributed by atoms with Gasteiger partial charge in [-0.2, -0.15) is 5.26 Å². The van der Waals surface area contributed by atoms with Gasteiger partial charge in [0.25, 0.3) is 0 Å². The largest absolute Gasteiger partial charge is 0.332 e. The van der Waals surface area contributed by atoms with Crippen LogP contribution in [0.25, 0.3) is 0 Å². The van der Waals surface area contributed by atoms with Crippen LogP contribution in [0, 0.1) is 17.1 Å². The summed E-state index contributed by atoms with van der Waals surface area (Å²) in [6, 6.07) is 18.0. The zero-order chi connectivity index (χ0) is 24.5. The summed E-state index contributed by atoms with van der Waals surface area (Å²) < 4.78 is 13.4. The Bertz CT molecular complexity index is 1140. The van der Waals surface area contributed by atoms with E-state index in [2.05, 4.69) is 11.4 Å². The van der Waals surface area contributed by atoms with Crippen molar-refractivity contribution in [1.29, 1.82) is 5.26 Å². The maximum atomic E-state index is 13.4. The van der Waals surface area contributed by atoms with Crippen molar-refractivity contribution in [1.82, 2.24) is 9.80 Å². The van der Waals surface area contributed by atoms with E-state index in [1.165, 1.54) is 17.0 Å². The number of nitrogens with zero attached hydrogens (tertiary/aromatic N) is 3. The number of benzene rings is 2. The molecule has 1 heterocycles. The molecule has 0 spiro atoms. The second-order valence-electron chi connectivity index (χ2n) is 7.96. The first-order valence-electron chi connectivity index (χ1n) is 11.0. The van der Waals surface area contributed by atoms with Crippen molar-refractivity contribution in [3.63, 3.8) is 0 Å². The van der Waals surface area contributed by atoms with Gasteiger partial charge in [0, 0.05) is 23.2 Å². The van der Waals surface area contributed by atoms with Crippen LogP contribution >= 0.6 is 11.3 Å². The molecule has 176 valence electrons. The number of anilines is 1. The standard InChI is InChI=1S/C26H27FN4O2S/c1-3-19(2)31(26(33)29-23-7-4-6-21(14-23)15-28)18-25(32)30(17-24-8-5-13-34-24)16-20-9-11-22(27)12-10-20/h4-14,19H,3,16-18H2,1-2H3,(H,29,33). The molecule has 3 aromatic rings. The molecule has 0 aliphatic carbocycles. The predicted molar refractivity (Wildman–Crippen MR) is 132 cm³/mol. The third kappa shape index (κ3) is 6.90. The van der Waals surface area contributed by atoms with Gasteiger partial charge in [-0.05, 0) is 60.7 Å². The first-order chi connectivity index (χ1) is 16.4. The summed E-state index contributed by atoms with van der Waals surface area (Å²) in [6.45, 7) is 4.44. The highest BCUT2D eigenvalue weighted by Gasteiger charge is 2.25. The normalized spacial score (nSPS) is 11.4. The molecule has 1 atom stereocenters. The Labute approximate surface area is 203 Å². The van der Waals surface area contributed by atoms with Crippen LogP contribution in [0.3, 0.4) is 0 Å². The first kappa shape index (κ1) is 24.9. The molecule has 0 saturated carbocycles. The minimum atomic E-state index is -0.407. The summed E-state index contributed by atoms with van der Waals surface area (Å²) in [4.78, 5) is 30.7. The molecule has 0 saturated heterocycles. The summed E-state index contributed by atoms with van der Waals surface area (Å²) in [5.41, 5.74) is 1.73. The first-order valence-corrected chi connectivity index (χ1v) is 11.9. The lowest BCUT2D eigenvalue weighted by Gasteiger charge is -2.31. The van der Waals surface area contributed by atoms with Crippen LogP contribution < -0.4 is 5.32 Å². The zero-order valence-corrected chi connectivity index (χ0v) is 20.0. The van der Waals surface area contributed by atoms with Crippen molar-refractivity contribution in [2.75, 3.05) is 11.9 Å². The second-order valence-corrected chi connectivity index (χ2v) is 9.00. The third-order valence-electron chi connectivity index (χ3n) is 5.50. The number of nitriles is 1. The van der Waals surface area contributed by atoms with Gasteiger partial charge in [0.05, 0.1) is 18.2 Å². The fourth-order valence-electron chi connectivity index (χ4n) is 3.39. The molecule has 1 N–H and O–H groups in total. The van der Waals surface area contributed by atoms with E-state index >= 15 is 0 Å². The highest BCUT2D eigenvalue weighted by molar-refractivity contribution is 7.09. The number of amides is 3. The molecule has 0 radical (unpaired) electrons. The third-order valence-corrected chi connectivity index (χ3v) is 6.36. The van der Waals surface area contributed by atoms with E-state index in [9.17, 15) is 14.0 Å². The highest BCUT2D eigenvalue weighted by Crippen LogP contribution is 2.17. The van der Waals surface area contributed by atoms with E-state index in [0.29, 0.717) is 30.8 Å². The fraction of sp³-hybridized carbons (Fsp3) is 0.269. The van der Waals surface area contributed by atoms with Crippen LogP contribution in [0.2, 0.25) is 0 Å². The maximum absolute atomic E-state index is 13.4. The number of hydrogen-bond donors (Lipinski definition) is 1. The molecule has 0 fully saturated rings. The molecule has 8 heteroatoms. The second kappa shape index (κ2) is 12.0. The summed E-state index contributed by atoms with van der Waals surface area (Å²) in [6.07, 6.45) is 0.668. The number of carbonyl (C=O) groups is 2. The van der Waals surface area contributed by atoms with Gasteiger partial charge >= 0.3 is 6.03 Å². The van der Waals surface area contributed by atoms with Crippen molar-refractivity contribution in [3.8, 4) is 6.07 Å². The molecule has 3 rings (SSSR count). The van der Waals surface area contributed by atoms with Gasteiger partial charge in [0.1, 0.15) is 12.4 Å². The number of halogens is 1. The number of hydrogen-bond acceptors (Lipinski definition) is 4. The van der Waals surface area contributed by atoms with Crippen LogP contribution in [-0.4, -0.2) is 34.3 Å². The molecule has 1 aromatic heterocycles. The SMILES string of the molecule is CCC(C)N(CC(=O)N(Cc1ccc(F)cc1)Cc1cccs1)C(=O)Nc1cccc(C#N)c1. The summed E-state index contributed by atoms with van der Waals surface area (Å²) in [5.74, 6) is -0.543. The minimum absolute atomic E-state index is 0.106. The average Bonchev–Trinajstić information content (AvgIpc) is 3.36. The molecule has 0 bridgehead atoms. The molecule has 1 unspecified atom stereocenters. The van der Waals surface area contributed by atoms with Gasteiger partial charge in [0.15, 0.2) is 0 Å². The number of thiophene rings is 1. The number of nitrogens with one attached hydrogen (secondary N) is 1. The van der Waals surface area contributed by atoms with Crippen LogP contribution in [0.5, 0.6) is 0 Å². The Hall–Kier alpha value is -3.70. The molecular weight excluding hydrogens is 451 g/mol. The van der Waals surface area contributed by atoms with Crippen molar-refractivity contribution in [2.45, 2.75) is 39.4 Å². The van der Waals surface area contributed by atoms with Crippen molar-refractivity contribution >= 4 is 29.0 Å². The van der Waals surface area contributed by atoms with Crippen LogP contribution in [0.1, 0.15) is 36.3 Å². The Kier molecular flexibility index (Phi) is 8.77. The Balaban J connectivity index is 1.78. The summed E-state index contributed by atoms with van der Waals surface area (Å²) in [7, 11) is 0. The highest BCUT2D eigenvalue weighted by atomic mass is 32.1.